The second kappa shape index (κ2) is 10.7. The molecule has 1 heterocycles. The molecule has 25 heavy (non-hydrogen) atoms. The van der Waals surface area contributed by atoms with E-state index in [9.17, 15) is 4.39 Å². The van der Waals surface area contributed by atoms with Crippen molar-refractivity contribution >= 4 is 18.5 Å². The summed E-state index contributed by atoms with van der Waals surface area (Å²) >= 11 is 1.66. The molecule has 0 spiro atoms. The highest BCUT2D eigenvalue weighted by molar-refractivity contribution is 8.02. The number of ether oxygens (including phenoxy) is 1. The van der Waals surface area contributed by atoms with Crippen molar-refractivity contribution in [1.29, 1.82) is 0 Å². The summed E-state index contributed by atoms with van der Waals surface area (Å²) in [5.74, 6) is 1.43. The van der Waals surface area contributed by atoms with Crippen molar-refractivity contribution in [2.45, 2.75) is 70.9 Å². The summed E-state index contributed by atoms with van der Waals surface area (Å²) in [5.41, 5.74) is -0.165. The van der Waals surface area contributed by atoms with Crippen molar-refractivity contribution < 1.29 is 9.13 Å². The molecule has 0 aromatic heterocycles. The van der Waals surface area contributed by atoms with E-state index in [4.69, 9.17) is 4.74 Å². The van der Waals surface area contributed by atoms with Crippen LogP contribution in [0.5, 0.6) is 0 Å². The second-order valence-electron chi connectivity index (χ2n) is 7.99. The van der Waals surface area contributed by atoms with Crippen LogP contribution in [0.3, 0.4) is 0 Å². The van der Waals surface area contributed by atoms with Gasteiger partial charge in [0, 0.05) is 24.4 Å². The van der Waals surface area contributed by atoms with Gasteiger partial charge in [0.1, 0.15) is 5.67 Å². The number of hydrogen-bond acceptors (Lipinski definition) is 4. The molecule has 0 amide bonds. The first-order chi connectivity index (χ1) is 12.0. The number of thioether (sulfide) groups is 1. The van der Waals surface area contributed by atoms with Crippen molar-refractivity contribution in [1.82, 2.24) is 4.90 Å². The van der Waals surface area contributed by atoms with Crippen LogP contribution >= 0.6 is 11.8 Å². The molecule has 2 rings (SSSR count). The molecule has 0 bridgehead atoms. The van der Waals surface area contributed by atoms with E-state index in [0.717, 1.165) is 37.5 Å². The van der Waals surface area contributed by atoms with Gasteiger partial charge in [-0.2, -0.15) is 0 Å². The number of nitrogens with zero attached hydrogens (tertiary/aromatic N) is 2. The molecule has 1 aliphatic carbocycles. The van der Waals surface area contributed by atoms with Crippen LogP contribution in [0.4, 0.5) is 4.39 Å². The molecule has 144 valence electrons. The van der Waals surface area contributed by atoms with Crippen molar-refractivity contribution in [3.63, 3.8) is 0 Å². The largest absolute Gasteiger partial charge is 0.367 e. The Kier molecular flexibility index (Phi) is 8.94. The van der Waals surface area contributed by atoms with Gasteiger partial charge in [0.15, 0.2) is 0 Å². The van der Waals surface area contributed by atoms with Crippen LogP contribution in [0.1, 0.15) is 65.2 Å². The Hall–Kier alpha value is -0.390. The fourth-order valence-electron chi connectivity index (χ4n) is 3.70. The average molecular weight is 371 g/mol. The Morgan fingerprint density at radius 3 is 2.64 bits per heavy atom. The fourth-order valence-corrected chi connectivity index (χ4v) is 4.58. The number of halogens is 1. The van der Waals surface area contributed by atoms with Crippen LogP contribution < -0.4 is 0 Å². The minimum Gasteiger partial charge on any atom is -0.367 e. The molecule has 0 aromatic carbocycles. The van der Waals surface area contributed by atoms with E-state index in [1.54, 1.807) is 25.6 Å². The zero-order chi connectivity index (χ0) is 18.1. The molecule has 5 heteroatoms. The summed E-state index contributed by atoms with van der Waals surface area (Å²) in [4.78, 5) is 8.11. The monoisotopic (exact) mass is 370 g/mol. The number of aliphatic imine (C=N–C) groups is 1. The van der Waals surface area contributed by atoms with Gasteiger partial charge in [-0.3, -0.25) is 4.99 Å². The first-order valence-corrected chi connectivity index (χ1v) is 10.8. The molecule has 1 fully saturated rings. The third kappa shape index (κ3) is 8.23. The summed E-state index contributed by atoms with van der Waals surface area (Å²) in [6, 6.07) is 0. The molecule has 3 nitrogen and oxygen atoms in total. The quantitative estimate of drug-likeness (QED) is 0.308. The molecule has 0 unspecified atom stereocenters. The van der Waals surface area contributed by atoms with Gasteiger partial charge in [0.2, 0.25) is 0 Å². The molecule has 1 saturated carbocycles. The lowest BCUT2D eigenvalue weighted by atomic mass is 9.87. The number of alkyl halides is 1. The SMILES string of the molecule is C=NC1=C(SCOCC(C)(C)F)CCN(CCC2CCCCC2)CC1. The Morgan fingerprint density at radius 1 is 1.24 bits per heavy atom. The molecule has 1 aliphatic heterocycles. The highest BCUT2D eigenvalue weighted by Gasteiger charge is 2.20. The highest BCUT2D eigenvalue weighted by atomic mass is 32.2. The van der Waals surface area contributed by atoms with Gasteiger partial charge >= 0.3 is 0 Å². The van der Waals surface area contributed by atoms with Gasteiger partial charge in [-0.15, -0.1) is 11.8 Å². The minimum absolute atomic E-state index is 0.137. The van der Waals surface area contributed by atoms with Crippen molar-refractivity contribution in [2.75, 3.05) is 32.2 Å². The average Bonchev–Trinajstić information content (AvgIpc) is 2.79. The highest BCUT2D eigenvalue weighted by Crippen LogP contribution is 2.31. The summed E-state index contributed by atoms with van der Waals surface area (Å²) in [7, 11) is 0. The molecule has 2 aliphatic rings. The predicted octanol–water partition coefficient (Wildman–Crippen LogP) is 5.42. The van der Waals surface area contributed by atoms with E-state index in [2.05, 4.69) is 16.6 Å². The zero-order valence-electron chi connectivity index (χ0n) is 16.1. The van der Waals surface area contributed by atoms with Gasteiger partial charge in [-0.25, -0.2) is 4.39 Å². The predicted molar refractivity (Wildman–Crippen MR) is 107 cm³/mol. The summed E-state index contributed by atoms with van der Waals surface area (Å²) in [5, 5.41) is 0. The lowest BCUT2D eigenvalue weighted by Crippen LogP contribution is -2.28. The second-order valence-corrected chi connectivity index (χ2v) is 9.01. The third-order valence-electron chi connectivity index (χ3n) is 5.17. The fraction of sp³-hybridized carbons (Fsp3) is 0.850. The lowest BCUT2D eigenvalue weighted by Gasteiger charge is -2.26. The summed E-state index contributed by atoms with van der Waals surface area (Å²) in [6.45, 7) is 10.3. The number of rotatable bonds is 9. The van der Waals surface area contributed by atoms with E-state index in [1.165, 1.54) is 50.0 Å². The maximum atomic E-state index is 13.5. The summed E-state index contributed by atoms with van der Waals surface area (Å²) in [6.07, 6.45) is 10.4. The maximum Gasteiger partial charge on any atom is 0.128 e. The molecule has 0 radical (unpaired) electrons. The van der Waals surface area contributed by atoms with E-state index in [-0.39, 0.29) is 6.61 Å². The Bertz CT molecular complexity index is 441. The van der Waals surface area contributed by atoms with E-state index < -0.39 is 5.67 Å². The van der Waals surface area contributed by atoms with Gasteiger partial charge in [0.05, 0.1) is 18.2 Å². The standard InChI is InChI=1S/C20H35FN2OS/c1-20(2,21)15-24-16-25-19-11-14-23(13-10-18(19)22-3)12-9-17-7-5-4-6-8-17/h17H,3-16H2,1-2H3. The Balaban J connectivity index is 1.73. The van der Waals surface area contributed by atoms with Crippen LogP contribution in [-0.2, 0) is 4.74 Å². The van der Waals surface area contributed by atoms with Crippen LogP contribution in [-0.4, -0.2) is 49.5 Å². The van der Waals surface area contributed by atoms with Crippen LogP contribution in [0.2, 0.25) is 0 Å². The van der Waals surface area contributed by atoms with Crippen LogP contribution in [0, 0.1) is 5.92 Å². The van der Waals surface area contributed by atoms with Crippen molar-refractivity contribution in [2.24, 2.45) is 10.9 Å². The first kappa shape index (κ1) is 20.9. The minimum atomic E-state index is -1.27. The zero-order valence-corrected chi connectivity index (χ0v) is 16.9. The van der Waals surface area contributed by atoms with Crippen LogP contribution in [0.15, 0.2) is 15.6 Å². The van der Waals surface area contributed by atoms with Gasteiger partial charge in [-0.1, -0.05) is 32.1 Å². The van der Waals surface area contributed by atoms with E-state index in [1.807, 2.05) is 0 Å². The molecule has 0 aromatic rings. The van der Waals surface area contributed by atoms with Gasteiger partial charge in [0.25, 0.3) is 0 Å². The van der Waals surface area contributed by atoms with E-state index in [0.29, 0.717) is 5.94 Å². The molecular weight excluding hydrogens is 335 g/mol. The molecule has 0 atom stereocenters. The Labute approximate surface area is 157 Å². The Morgan fingerprint density at radius 2 is 1.96 bits per heavy atom. The summed E-state index contributed by atoms with van der Waals surface area (Å²) < 4.78 is 18.9. The number of hydrogen-bond donors (Lipinski definition) is 0. The van der Waals surface area contributed by atoms with Crippen molar-refractivity contribution in [3.8, 4) is 0 Å². The normalized spacial score (nSPS) is 21.4. The topological polar surface area (TPSA) is 24.8 Å². The molecule has 0 N–H and O–H groups in total. The molecular formula is C20H35FN2OS. The van der Waals surface area contributed by atoms with E-state index >= 15 is 0 Å². The maximum absolute atomic E-state index is 13.5. The smallest absolute Gasteiger partial charge is 0.128 e. The third-order valence-corrected chi connectivity index (χ3v) is 6.25. The first-order valence-electron chi connectivity index (χ1n) is 9.78. The van der Waals surface area contributed by atoms with Crippen LogP contribution in [0.25, 0.3) is 0 Å². The van der Waals surface area contributed by atoms with Gasteiger partial charge < -0.3 is 9.64 Å². The lowest BCUT2D eigenvalue weighted by molar-refractivity contribution is 0.0610. The van der Waals surface area contributed by atoms with Crippen molar-refractivity contribution in [3.05, 3.63) is 10.6 Å². The van der Waals surface area contributed by atoms with Gasteiger partial charge in [-0.05, 0) is 45.9 Å². The molecule has 0 saturated heterocycles.